The maximum absolute atomic E-state index is 9.88. The van der Waals surface area contributed by atoms with Crippen LogP contribution in [0.3, 0.4) is 0 Å². The molecule has 0 radical (unpaired) electrons. The molecule has 0 bridgehead atoms. The number of hydrogen-bond acceptors (Lipinski definition) is 10. The monoisotopic (exact) mass is 260 g/mol. The van der Waals surface area contributed by atoms with Crippen LogP contribution in [0.4, 0.5) is 17.8 Å². The van der Waals surface area contributed by atoms with Crippen molar-refractivity contribution in [2.24, 2.45) is 0 Å². The fourth-order valence-corrected chi connectivity index (χ4v) is 0.766. The van der Waals surface area contributed by atoms with Crippen molar-refractivity contribution >= 4 is 24.1 Å². The zero-order chi connectivity index (χ0) is 14.0. The van der Waals surface area contributed by atoms with Gasteiger partial charge in [0.25, 0.3) is 0 Å². The summed E-state index contributed by atoms with van der Waals surface area (Å²) >= 11 is 0. The minimum Gasteiger partial charge on any atom is -0.394 e. The van der Waals surface area contributed by atoms with Crippen LogP contribution < -0.4 is 17.2 Å². The first-order chi connectivity index (χ1) is 8.53. The van der Waals surface area contributed by atoms with Crippen molar-refractivity contribution in [3.8, 4) is 0 Å². The number of nitrogen functional groups attached to an aromatic ring is 3. The molecule has 0 saturated heterocycles. The molecule has 1 aromatic rings. The third-order valence-electron chi connectivity index (χ3n) is 1.44. The summed E-state index contributed by atoms with van der Waals surface area (Å²) in [4.78, 5) is 20.3. The van der Waals surface area contributed by atoms with Gasteiger partial charge in [-0.05, 0) is 0 Å². The van der Waals surface area contributed by atoms with E-state index in [9.17, 15) is 4.79 Å². The van der Waals surface area contributed by atoms with Gasteiger partial charge in [0.15, 0.2) is 6.29 Å². The van der Waals surface area contributed by atoms with Crippen LogP contribution in [-0.4, -0.2) is 57.4 Å². The summed E-state index contributed by atoms with van der Waals surface area (Å²) in [6.07, 6.45) is -0.285. The summed E-state index contributed by atoms with van der Waals surface area (Å²) in [5.41, 5.74) is 15.4. The molecule has 0 aliphatic carbocycles. The standard InChI is InChI=1S/C5H10O4.C3H6N6/c6-1-2-9-5(3-7)4-8;4-1-7-2(5)9-3(6)8-1/h3,5-6,8H,1-2,4H2;(H6,4,5,6,7,8,9). The SMILES string of the molecule is Nc1nc(N)nc(N)n1.O=CC(CO)OCCO. The first-order valence-corrected chi connectivity index (χ1v) is 4.84. The Kier molecular flexibility index (Phi) is 8.01. The molecule has 0 aliphatic heterocycles. The molecule has 1 rings (SSSR count). The number of carbonyl (C=O) groups excluding carboxylic acids is 1. The smallest absolute Gasteiger partial charge is 0.226 e. The van der Waals surface area contributed by atoms with Gasteiger partial charge in [-0.1, -0.05) is 0 Å². The Morgan fingerprint density at radius 2 is 1.56 bits per heavy atom. The zero-order valence-corrected chi connectivity index (χ0v) is 9.56. The first-order valence-electron chi connectivity index (χ1n) is 4.84. The lowest BCUT2D eigenvalue weighted by molar-refractivity contribution is -0.121. The van der Waals surface area contributed by atoms with Crippen molar-refractivity contribution in [1.29, 1.82) is 0 Å². The van der Waals surface area contributed by atoms with Crippen LogP contribution in [-0.2, 0) is 9.53 Å². The van der Waals surface area contributed by atoms with Crippen LogP contribution in [0.15, 0.2) is 0 Å². The van der Waals surface area contributed by atoms with Crippen molar-refractivity contribution in [2.45, 2.75) is 6.10 Å². The molecule has 0 spiro atoms. The van der Waals surface area contributed by atoms with Gasteiger partial charge in [0.05, 0.1) is 19.8 Å². The van der Waals surface area contributed by atoms with Gasteiger partial charge in [0.1, 0.15) is 6.10 Å². The molecule has 18 heavy (non-hydrogen) atoms. The summed E-state index contributed by atoms with van der Waals surface area (Å²) in [6, 6.07) is 0. The molecule has 1 heterocycles. The fraction of sp³-hybridized carbons (Fsp3) is 0.500. The fourth-order valence-electron chi connectivity index (χ4n) is 0.766. The quantitative estimate of drug-likeness (QED) is 0.346. The number of aromatic nitrogens is 3. The van der Waals surface area contributed by atoms with Gasteiger partial charge in [0, 0.05) is 0 Å². The zero-order valence-electron chi connectivity index (χ0n) is 9.56. The molecule has 0 saturated carbocycles. The van der Waals surface area contributed by atoms with Gasteiger partial charge in [-0.15, -0.1) is 0 Å². The third-order valence-corrected chi connectivity index (χ3v) is 1.44. The Labute approximate surface area is 103 Å². The molecule has 1 atom stereocenters. The third kappa shape index (κ3) is 7.27. The van der Waals surface area contributed by atoms with Gasteiger partial charge < -0.3 is 36.9 Å². The van der Waals surface area contributed by atoms with Crippen LogP contribution in [0.1, 0.15) is 0 Å². The summed E-state index contributed by atoms with van der Waals surface area (Å²) in [5, 5.41) is 16.5. The molecular weight excluding hydrogens is 244 g/mol. The summed E-state index contributed by atoms with van der Waals surface area (Å²) in [5.74, 6) is 0.125. The topological polar surface area (TPSA) is 183 Å². The van der Waals surface area contributed by atoms with Gasteiger partial charge in [-0.2, -0.15) is 15.0 Å². The van der Waals surface area contributed by atoms with Crippen LogP contribution >= 0.6 is 0 Å². The molecule has 0 amide bonds. The van der Waals surface area contributed by atoms with Crippen molar-refractivity contribution < 1.29 is 19.7 Å². The van der Waals surface area contributed by atoms with E-state index in [4.69, 9.17) is 27.4 Å². The van der Waals surface area contributed by atoms with E-state index in [1.807, 2.05) is 0 Å². The van der Waals surface area contributed by atoms with Gasteiger partial charge in [-0.25, -0.2) is 0 Å². The highest BCUT2D eigenvalue weighted by Gasteiger charge is 2.02. The molecule has 10 heteroatoms. The first kappa shape index (κ1) is 16.0. The number of anilines is 3. The number of rotatable bonds is 5. The van der Waals surface area contributed by atoms with Crippen LogP contribution in [0.5, 0.6) is 0 Å². The maximum atomic E-state index is 9.88. The summed E-state index contributed by atoms with van der Waals surface area (Å²) in [6.45, 7) is -0.377. The summed E-state index contributed by atoms with van der Waals surface area (Å²) < 4.78 is 4.62. The predicted molar refractivity (Wildman–Crippen MR) is 63.0 cm³/mol. The van der Waals surface area contributed by atoms with E-state index >= 15 is 0 Å². The number of aliphatic hydroxyl groups excluding tert-OH is 2. The molecule has 0 aliphatic rings. The number of nitrogens with zero attached hydrogens (tertiary/aromatic N) is 3. The number of ether oxygens (including phenoxy) is 1. The van der Waals surface area contributed by atoms with Crippen LogP contribution in [0.2, 0.25) is 0 Å². The molecule has 10 nitrogen and oxygen atoms in total. The highest BCUT2D eigenvalue weighted by atomic mass is 16.5. The Bertz CT molecular complexity index is 313. The van der Waals surface area contributed by atoms with E-state index in [-0.39, 0.29) is 37.7 Å². The molecule has 1 unspecified atom stereocenters. The number of aldehydes is 1. The van der Waals surface area contributed by atoms with Gasteiger partial charge >= 0.3 is 0 Å². The normalized spacial score (nSPS) is 11.2. The molecule has 8 N–H and O–H groups in total. The summed E-state index contributed by atoms with van der Waals surface area (Å²) in [7, 11) is 0. The predicted octanol–water partition coefficient (Wildman–Crippen LogP) is -2.83. The lowest BCUT2D eigenvalue weighted by Gasteiger charge is -2.05. The molecular formula is C8H16N6O4. The van der Waals surface area contributed by atoms with E-state index in [0.29, 0.717) is 6.29 Å². The Morgan fingerprint density at radius 1 is 1.11 bits per heavy atom. The minimum atomic E-state index is -0.780. The molecule has 0 fully saturated rings. The Hall–Kier alpha value is -2.04. The number of aliphatic hydroxyl groups is 2. The van der Waals surface area contributed by atoms with Gasteiger partial charge in [0.2, 0.25) is 17.8 Å². The lowest BCUT2D eigenvalue weighted by atomic mass is 10.4. The van der Waals surface area contributed by atoms with E-state index < -0.39 is 6.10 Å². The van der Waals surface area contributed by atoms with Crippen molar-refractivity contribution in [3.05, 3.63) is 0 Å². The van der Waals surface area contributed by atoms with Crippen LogP contribution in [0.25, 0.3) is 0 Å². The Balaban J connectivity index is 0.000000321. The highest BCUT2D eigenvalue weighted by Crippen LogP contribution is 1.97. The van der Waals surface area contributed by atoms with Gasteiger partial charge in [-0.3, -0.25) is 0 Å². The van der Waals surface area contributed by atoms with Crippen molar-refractivity contribution in [1.82, 2.24) is 15.0 Å². The number of carbonyl (C=O) groups is 1. The average molecular weight is 260 g/mol. The molecule has 0 aromatic carbocycles. The highest BCUT2D eigenvalue weighted by molar-refractivity contribution is 5.55. The maximum Gasteiger partial charge on any atom is 0.226 e. The Morgan fingerprint density at radius 3 is 1.83 bits per heavy atom. The second-order valence-corrected chi connectivity index (χ2v) is 2.86. The van der Waals surface area contributed by atoms with E-state index in [1.54, 1.807) is 0 Å². The number of hydrogen-bond donors (Lipinski definition) is 5. The minimum absolute atomic E-state index is 0.0417. The van der Waals surface area contributed by atoms with E-state index in [1.165, 1.54) is 0 Å². The molecule has 1 aromatic heterocycles. The second-order valence-electron chi connectivity index (χ2n) is 2.86. The van der Waals surface area contributed by atoms with Crippen molar-refractivity contribution in [2.75, 3.05) is 37.0 Å². The van der Waals surface area contributed by atoms with E-state index in [2.05, 4.69) is 19.7 Å². The molecule has 102 valence electrons. The second kappa shape index (κ2) is 9.04. The number of nitrogens with two attached hydrogens (primary N) is 3. The largest absolute Gasteiger partial charge is 0.394 e. The van der Waals surface area contributed by atoms with Crippen LogP contribution in [0, 0.1) is 0 Å². The van der Waals surface area contributed by atoms with Crippen molar-refractivity contribution in [3.63, 3.8) is 0 Å². The average Bonchev–Trinajstić information content (AvgIpc) is 2.29. The lowest BCUT2D eigenvalue weighted by Crippen LogP contribution is -2.20. The van der Waals surface area contributed by atoms with E-state index in [0.717, 1.165) is 0 Å².